The summed E-state index contributed by atoms with van der Waals surface area (Å²) < 4.78 is 0. The van der Waals surface area contributed by atoms with Gasteiger partial charge < -0.3 is 10.2 Å². The molecule has 2 aliphatic heterocycles. The molecule has 1 aliphatic carbocycles. The van der Waals surface area contributed by atoms with Crippen LogP contribution < -0.4 is 5.32 Å². The van der Waals surface area contributed by atoms with Gasteiger partial charge in [0.25, 0.3) is 0 Å². The van der Waals surface area contributed by atoms with Gasteiger partial charge in [-0.1, -0.05) is 18.6 Å². The molecule has 0 spiro atoms. The van der Waals surface area contributed by atoms with Gasteiger partial charge in [-0.05, 0) is 25.3 Å². The third-order valence-corrected chi connectivity index (χ3v) is 5.68. The van der Waals surface area contributed by atoms with Crippen LogP contribution in [0.2, 0.25) is 0 Å². The van der Waals surface area contributed by atoms with Crippen LogP contribution in [-0.2, 0) is 9.59 Å². The van der Waals surface area contributed by atoms with Gasteiger partial charge in [0.2, 0.25) is 12.3 Å². The Balaban J connectivity index is 1.49. The lowest BCUT2D eigenvalue weighted by molar-refractivity contribution is -0.134. The van der Waals surface area contributed by atoms with E-state index < -0.39 is 0 Å². The summed E-state index contributed by atoms with van der Waals surface area (Å²) in [5.41, 5.74) is 2.08. The highest BCUT2D eigenvalue weighted by Crippen LogP contribution is 2.25. The lowest BCUT2D eigenvalue weighted by Gasteiger charge is -2.43. The fourth-order valence-electron chi connectivity index (χ4n) is 3.95. The SMILES string of the molecule is C/C=C\C1=C(NC=O)CCN(CC(=O)N2CCN(C3CCC3)CC2)C1. The molecule has 6 heteroatoms. The van der Waals surface area contributed by atoms with E-state index in [0.29, 0.717) is 13.1 Å². The number of allylic oxidation sites excluding steroid dienone is 1. The molecule has 0 aromatic rings. The summed E-state index contributed by atoms with van der Waals surface area (Å²) >= 11 is 0. The molecule has 0 atom stereocenters. The average Bonchev–Trinajstić information content (AvgIpc) is 2.57. The van der Waals surface area contributed by atoms with Gasteiger partial charge in [0, 0.05) is 57.4 Å². The molecule has 0 radical (unpaired) electrons. The highest BCUT2D eigenvalue weighted by atomic mass is 16.2. The van der Waals surface area contributed by atoms with E-state index in [1.165, 1.54) is 19.3 Å². The molecule has 6 nitrogen and oxygen atoms in total. The van der Waals surface area contributed by atoms with Gasteiger partial charge in [-0.15, -0.1) is 0 Å². The highest BCUT2D eigenvalue weighted by Gasteiger charge is 2.30. The largest absolute Gasteiger partial charge is 0.339 e. The molecular weight excluding hydrogens is 316 g/mol. The maximum atomic E-state index is 12.7. The first kappa shape index (κ1) is 18.1. The minimum Gasteiger partial charge on any atom is -0.339 e. The smallest absolute Gasteiger partial charge is 0.236 e. The van der Waals surface area contributed by atoms with Crippen molar-refractivity contribution in [2.75, 3.05) is 45.8 Å². The van der Waals surface area contributed by atoms with Gasteiger partial charge >= 0.3 is 0 Å². The number of carbonyl (C=O) groups excluding carboxylic acids is 2. The summed E-state index contributed by atoms with van der Waals surface area (Å²) in [6, 6.07) is 0.775. The van der Waals surface area contributed by atoms with Crippen molar-refractivity contribution in [2.45, 2.75) is 38.6 Å². The van der Waals surface area contributed by atoms with Crippen LogP contribution >= 0.6 is 0 Å². The number of hydrogen-bond donors (Lipinski definition) is 1. The monoisotopic (exact) mass is 346 g/mol. The molecule has 1 N–H and O–H groups in total. The third kappa shape index (κ3) is 4.50. The molecule has 2 amide bonds. The fraction of sp³-hybridized carbons (Fsp3) is 0.684. The Hall–Kier alpha value is -1.66. The van der Waals surface area contributed by atoms with Crippen LogP contribution in [-0.4, -0.2) is 78.9 Å². The van der Waals surface area contributed by atoms with E-state index in [9.17, 15) is 9.59 Å². The number of nitrogens with zero attached hydrogens (tertiary/aromatic N) is 3. The second-order valence-electron chi connectivity index (χ2n) is 7.23. The van der Waals surface area contributed by atoms with Crippen LogP contribution in [0.1, 0.15) is 32.6 Å². The van der Waals surface area contributed by atoms with Gasteiger partial charge in [-0.25, -0.2) is 0 Å². The Kier molecular flexibility index (Phi) is 6.26. The Labute approximate surface area is 150 Å². The molecule has 0 aromatic heterocycles. The lowest BCUT2D eigenvalue weighted by Crippen LogP contribution is -2.55. The molecule has 3 rings (SSSR count). The number of piperazine rings is 1. The summed E-state index contributed by atoms with van der Waals surface area (Å²) in [5, 5.41) is 2.80. The van der Waals surface area contributed by atoms with Crippen molar-refractivity contribution < 1.29 is 9.59 Å². The van der Waals surface area contributed by atoms with E-state index >= 15 is 0 Å². The molecule has 1 saturated carbocycles. The molecule has 0 unspecified atom stereocenters. The topological polar surface area (TPSA) is 55.9 Å². The molecule has 1 saturated heterocycles. The maximum Gasteiger partial charge on any atom is 0.236 e. The predicted octanol–water partition coefficient (Wildman–Crippen LogP) is 0.965. The van der Waals surface area contributed by atoms with Gasteiger partial charge in [0.15, 0.2) is 0 Å². The predicted molar refractivity (Wildman–Crippen MR) is 97.9 cm³/mol. The van der Waals surface area contributed by atoms with Crippen molar-refractivity contribution in [3.05, 3.63) is 23.4 Å². The van der Waals surface area contributed by atoms with Gasteiger partial charge in [0.1, 0.15) is 0 Å². The third-order valence-electron chi connectivity index (χ3n) is 5.68. The Morgan fingerprint density at radius 3 is 2.56 bits per heavy atom. The number of carbonyl (C=O) groups is 2. The van der Waals surface area contributed by atoms with Crippen LogP contribution in [0.3, 0.4) is 0 Å². The zero-order chi connectivity index (χ0) is 17.6. The molecule has 2 fully saturated rings. The summed E-state index contributed by atoms with van der Waals surface area (Å²) in [5.74, 6) is 0.236. The summed E-state index contributed by atoms with van der Waals surface area (Å²) in [6.45, 7) is 7.73. The zero-order valence-electron chi connectivity index (χ0n) is 15.2. The fourth-order valence-corrected chi connectivity index (χ4v) is 3.95. The summed E-state index contributed by atoms with van der Waals surface area (Å²) in [4.78, 5) is 30.2. The van der Waals surface area contributed by atoms with Crippen LogP contribution in [0.15, 0.2) is 23.4 Å². The van der Waals surface area contributed by atoms with Crippen molar-refractivity contribution in [1.29, 1.82) is 0 Å². The molecule has 2 heterocycles. The highest BCUT2D eigenvalue weighted by molar-refractivity contribution is 5.78. The van der Waals surface area contributed by atoms with Crippen molar-refractivity contribution >= 4 is 12.3 Å². The average molecular weight is 346 g/mol. The van der Waals surface area contributed by atoms with Crippen molar-refractivity contribution in [3.63, 3.8) is 0 Å². The van der Waals surface area contributed by atoms with Crippen LogP contribution in [0.4, 0.5) is 0 Å². The first-order valence-corrected chi connectivity index (χ1v) is 9.50. The minimum absolute atomic E-state index is 0.236. The normalized spacial score (nSPS) is 23.8. The van der Waals surface area contributed by atoms with Crippen molar-refractivity contribution in [1.82, 2.24) is 20.0 Å². The number of amides is 2. The Morgan fingerprint density at radius 2 is 1.96 bits per heavy atom. The Morgan fingerprint density at radius 1 is 1.20 bits per heavy atom. The van der Waals surface area contributed by atoms with Gasteiger partial charge in [0.05, 0.1) is 6.54 Å². The lowest BCUT2D eigenvalue weighted by atomic mass is 9.91. The standard InChI is InChI=1S/C19H30N4O2/c1-2-4-16-13-21(8-7-18(16)20-15-24)14-19(25)23-11-9-22(10-12-23)17-5-3-6-17/h2,4,15,17H,3,5-14H2,1H3,(H,20,24)/b4-2-. The van der Waals surface area contributed by atoms with E-state index in [4.69, 9.17) is 0 Å². The van der Waals surface area contributed by atoms with Crippen molar-refractivity contribution in [2.24, 2.45) is 0 Å². The number of hydrogen-bond acceptors (Lipinski definition) is 4. The first-order chi connectivity index (χ1) is 12.2. The second kappa shape index (κ2) is 8.63. The second-order valence-corrected chi connectivity index (χ2v) is 7.23. The minimum atomic E-state index is 0.236. The van der Waals surface area contributed by atoms with Gasteiger partial charge in [-0.3, -0.25) is 19.4 Å². The first-order valence-electron chi connectivity index (χ1n) is 9.50. The molecule has 138 valence electrons. The van der Waals surface area contributed by atoms with Crippen LogP contribution in [0.25, 0.3) is 0 Å². The van der Waals surface area contributed by atoms with Gasteiger partial charge in [-0.2, -0.15) is 0 Å². The molecule has 0 aromatic carbocycles. The number of nitrogens with one attached hydrogen (secondary N) is 1. The van der Waals surface area contributed by atoms with E-state index in [1.54, 1.807) is 0 Å². The van der Waals surface area contributed by atoms with Crippen LogP contribution in [0.5, 0.6) is 0 Å². The van der Waals surface area contributed by atoms with E-state index in [2.05, 4.69) is 15.1 Å². The van der Waals surface area contributed by atoms with Crippen LogP contribution in [0, 0.1) is 0 Å². The summed E-state index contributed by atoms with van der Waals surface area (Å²) in [6.07, 6.45) is 9.55. The maximum absolute atomic E-state index is 12.7. The molecule has 3 aliphatic rings. The quantitative estimate of drug-likeness (QED) is 0.728. The summed E-state index contributed by atoms with van der Waals surface area (Å²) in [7, 11) is 0. The van der Waals surface area contributed by atoms with E-state index in [1.807, 2.05) is 24.0 Å². The van der Waals surface area contributed by atoms with E-state index in [-0.39, 0.29) is 5.91 Å². The molecular formula is C19H30N4O2. The zero-order valence-corrected chi connectivity index (χ0v) is 15.2. The van der Waals surface area contributed by atoms with Crippen molar-refractivity contribution in [3.8, 4) is 0 Å². The Bertz CT molecular complexity index is 546. The number of rotatable bonds is 6. The molecule has 25 heavy (non-hydrogen) atoms. The molecule has 0 bridgehead atoms. The van der Waals surface area contributed by atoms with E-state index in [0.717, 1.165) is 62.9 Å².